The number of amides is 1. The number of para-hydroxylation sites is 2. The van der Waals surface area contributed by atoms with Crippen LogP contribution in [0.4, 0.5) is 5.69 Å². The maximum Gasteiger partial charge on any atom is 0.224 e. The van der Waals surface area contributed by atoms with Gasteiger partial charge in [-0.15, -0.1) is 0 Å². The Morgan fingerprint density at radius 1 is 0.929 bits per heavy atom. The van der Waals surface area contributed by atoms with E-state index in [4.69, 9.17) is 4.74 Å². The predicted molar refractivity (Wildman–Crippen MR) is 110 cm³/mol. The predicted octanol–water partition coefficient (Wildman–Crippen LogP) is 4.71. The summed E-state index contributed by atoms with van der Waals surface area (Å²) < 4.78 is 5.76. The van der Waals surface area contributed by atoms with Crippen LogP contribution < -0.4 is 10.1 Å². The number of rotatable bonds is 7. The molecule has 0 radical (unpaired) electrons. The molecule has 0 bridgehead atoms. The monoisotopic (exact) mass is 371 g/mol. The zero-order valence-electron chi connectivity index (χ0n) is 15.4. The molecule has 0 aliphatic carbocycles. The number of aromatic amines is 1. The lowest BCUT2D eigenvalue weighted by atomic mass is 10.2. The number of hydrogen-bond donors (Lipinski definition) is 2. The molecule has 0 atom stereocenters. The fraction of sp³-hybridized carbons (Fsp3) is 0.130. The van der Waals surface area contributed by atoms with Crippen LogP contribution in [0.3, 0.4) is 0 Å². The highest BCUT2D eigenvalue weighted by Gasteiger charge is 2.07. The molecule has 0 spiro atoms. The van der Waals surface area contributed by atoms with Crippen LogP contribution in [0, 0.1) is 0 Å². The number of nitrogens with zero attached hydrogens (tertiary/aromatic N) is 1. The van der Waals surface area contributed by atoms with Crippen molar-refractivity contribution in [3.63, 3.8) is 0 Å². The van der Waals surface area contributed by atoms with Crippen molar-refractivity contribution in [1.29, 1.82) is 0 Å². The number of aromatic nitrogens is 2. The second-order valence-electron chi connectivity index (χ2n) is 6.55. The van der Waals surface area contributed by atoms with Crippen molar-refractivity contribution in [1.82, 2.24) is 9.97 Å². The number of benzene rings is 3. The molecule has 1 aromatic heterocycles. The van der Waals surface area contributed by atoms with Crippen LogP contribution in [0.15, 0.2) is 78.9 Å². The summed E-state index contributed by atoms with van der Waals surface area (Å²) in [5.41, 5.74) is 3.78. The second-order valence-corrected chi connectivity index (χ2v) is 6.55. The summed E-state index contributed by atoms with van der Waals surface area (Å²) in [5.74, 6) is 1.54. The molecule has 28 heavy (non-hydrogen) atoms. The lowest BCUT2D eigenvalue weighted by Gasteiger charge is -2.08. The Bertz CT molecular complexity index is 1020. The Hall–Kier alpha value is -3.60. The van der Waals surface area contributed by atoms with Crippen molar-refractivity contribution in [3.8, 4) is 5.75 Å². The van der Waals surface area contributed by atoms with Crippen molar-refractivity contribution in [2.24, 2.45) is 0 Å². The molecule has 1 heterocycles. The van der Waals surface area contributed by atoms with Crippen LogP contribution in [0.25, 0.3) is 11.0 Å². The molecule has 0 fully saturated rings. The highest BCUT2D eigenvalue weighted by atomic mass is 16.5. The molecule has 0 saturated carbocycles. The lowest BCUT2D eigenvalue weighted by Crippen LogP contribution is -2.12. The van der Waals surface area contributed by atoms with Crippen LogP contribution in [0.2, 0.25) is 0 Å². The fourth-order valence-electron chi connectivity index (χ4n) is 2.95. The lowest BCUT2D eigenvalue weighted by molar-refractivity contribution is -0.116. The molecule has 5 nitrogen and oxygen atoms in total. The van der Waals surface area contributed by atoms with Crippen LogP contribution in [0.1, 0.15) is 17.8 Å². The summed E-state index contributed by atoms with van der Waals surface area (Å²) in [5, 5.41) is 2.91. The van der Waals surface area contributed by atoms with Gasteiger partial charge in [0.15, 0.2) is 0 Å². The van der Waals surface area contributed by atoms with E-state index in [2.05, 4.69) is 15.3 Å². The first kappa shape index (κ1) is 17.8. The van der Waals surface area contributed by atoms with Crippen LogP contribution in [0.5, 0.6) is 5.75 Å². The first-order chi connectivity index (χ1) is 13.8. The molecule has 5 heteroatoms. The van der Waals surface area contributed by atoms with Crippen molar-refractivity contribution in [3.05, 3.63) is 90.3 Å². The Balaban J connectivity index is 1.27. The Morgan fingerprint density at radius 3 is 2.46 bits per heavy atom. The van der Waals surface area contributed by atoms with Gasteiger partial charge in [-0.1, -0.05) is 42.5 Å². The normalized spacial score (nSPS) is 10.7. The van der Waals surface area contributed by atoms with Crippen molar-refractivity contribution in [2.45, 2.75) is 19.4 Å². The molecule has 3 aromatic carbocycles. The van der Waals surface area contributed by atoms with Gasteiger partial charge in [-0.05, 0) is 42.0 Å². The van der Waals surface area contributed by atoms with E-state index in [0.29, 0.717) is 19.4 Å². The van der Waals surface area contributed by atoms with E-state index >= 15 is 0 Å². The summed E-state index contributed by atoms with van der Waals surface area (Å²) >= 11 is 0. The maximum atomic E-state index is 12.2. The summed E-state index contributed by atoms with van der Waals surface area (Å²) in [6.45, 7) is 0.518. The Morgan fingerprint density at radius 2 is 1.68 bits per heavy atom. The number of imidazole rings is 1. The molecule has 2 N–H and O–H groups in total. The smallest absolute Gasteiger partial charge is 0.224 e. The van der Waals surface area contributed by atoms with Crippen molar-refractivity contribution >= 4 is 22.6 Å². The third-order valence-electron chi connectivity index (χ3n) is 4.41. The van der Waals surface area contributed by atoms with Gasteiger partial charge < -0.3 is 15.0 Å². The van der Waals surface area contributed by atoms with Gasteiger partial charge in [-0.2, -0.15) is 0 Å². The van der Waals surface area contributed by atoms with E-state index in [1.165, 1.54) is 0 Å². The average molecular weight is 371 g/mol. The fourth-order valence-corrected chi connectivity index (χ4v) is 2.95. The van der Waals surface area contributed by atoms with Gasteiger partial charge in [0.1, 0.15) is 18.2 Å². The van der Waals surface area contributed by atoms with E-state index in [1.807, 2.05) is 78.9 Å². The molecule has 1 amide bonds. The third-order valence-corrected chi connectivity index (χ3v) is 4.41. The first-order valence-electron chi connectivity index (χ1n) is 9.26. The maximum absolute atomic E-state index is 12.2. The molecule has 0 saturated heterocycles. The third kappa shape index (κ3) is 4.57. The topological polar surface area (TPSA) is 67.0 Å². The average Bonchev–Trinajstić information content (AvgIpc) is 3.16. The minimum atomic E-state index is -0.0431. The zero-order chi connectivity index (χ0) is 19.2. The number of carbonyl (C=O) groups is 1. The van der Waals surface area contributed by atoms with E-state index in [-0.39, 0.29) is 5.91 Å². The van der Waals surface area contributed by atoms with Gasteiger partial charge in [-0.3, -0.25) is 4.79 Å². The first-order valence-corrected chi connectivity index (χ1v) is 9.26. The van der Waals surface area contributed by atoms with Gasteiger partial charge in [0.25, 0.3) is 0 Å². The second kappa shape index (κ2) is 8.39. The van der Waals surface area contributed by atoms with E-state index in [9.17, 15) is 4.79 Å². The van der Waals surface area contributed by atoms with Gasteiger partial charge in [-0.25, -0.2) is 4.98 Å². The van der Waals surface area contributed by atoms with Gasteiger partial charge in [0.2, 0.25) is 5.91 Å². The Labute approximate surface area is 163 Å². The number of aryl methyl sites for hydroxylation is 1. The standard InChI is InChI=1S/C23H21N3O2/c27-23(15-14-22-25-20-8-4-5-9-21(20)26-22)24-18-10-12-19(13-11-18)28-16-17-6-2-1-3-7-17/h1-13H,14-16H2,(H,24,27)(H,25,26). The van der Waals surface area contributed by atoms with Crippen LogP contribution in [-0.2, 0) is 17.8 Å². The number of fused-ring (bicyclic) bond motifs is 1. The van der Waals surface area contributed by atoms with Gasteiger partial charge >= 0.3 is 0 Å². The number of carbonyl (C=O) groups excluding carboxylic acids is 1. The largest absolute Gasteiger partial charge is 0.489 e. The number of anilines is 1. The highest BCUT2D eigenvalue weighted by Crippen LogP contribution is 2.18. The number of H-pyrrole nitrogens is 1. The van der Waals surface area contributed by atoms with E-state index < -0.39 is 0 Å². The summed E-state index contributed by atoms with van der Waals surface area (Å²) in [4.78, 5) is 20.0. The zero-order valence-corrected chi connectivity index (χ0v) is 15.4. The molecule has 4 aromatic rings. The van der Waals surface area contributed by atoms with Crippen LogP contribution in [-0.4, -0.2) is 15.9 Å². The molecule has 0 aliphatic heterocycles. The van der Waals surface area contributed by atoms with E-state index in [0.717, 1.165) is 33.9 Å². The number of ether oxygens (including phenoxy) is 1. The summed E-state index contributed by atoms with van der Waals surface area (Å²) in [6, 6.07) is 25.3. The highest BCUT2D eigenvalue weighted by molar-refractivity contribution is 5.90. The molecule has 4 rings (SSSR count). The van der Waals surface area contributed by atoms with E-state index in [1.54, 1.807) is 0 Å². The molecular formula is C23H21N3O2. The number of nitrogens with one attached hydrogen (secondary N) is 2. The minimum Gasteiger partial charge on any atom is -0.489 e. The summed E-state index contributed by atoms with van der Waals surface area (Å²) in [7, 11) is 0. The minimum absolute atomic E-state index is 0.0431. The van der Waals surface area contributed by atoms with Gasteiger partial charge in [0.05, 0.1) is 11.0 Å². The molecule has 0 unspecified atom stereocenters. The van der Waals surface area contributed by atoms with Crippen LogP contribution >= 0.6 is 0 Å². The quantitative estimate of drug-likeness (QED) is 0.494. The molecule has 140 valence electrons. The summed E-state index contributed by atoms with van der Waals surface area (Å²) in [6.07, 6.45) is 0.935. The SMILES string of the molecule is O=C(CCc1nc2ccccc2[nH]1)Nc1ccc(OCc2ccccc2)cc1. The van der Waals surface area contributed by atoms with Crippen molar-refractivity contribution in [2.75, 3.05) is 5.32 Å². The van der Waals surface area contributed by atoms with Gasteiger partial charge in [0, 0.05) is 18.5 Å². The Kier molecular flexibility index (Phi) is 5.33. The molecular weight excluding hydrogens is 350 g/mol. The number of hydrogen-bond acceptors (Lipinski definition) is 3. The van der Waals surface area contributed by atoms with Crippen molar-refractivity contribution < 1.29 is 9.53 Å². The molecule has 0 aliphatic rings.